The molecule has 0 fully saturated rings. The van der Waals surface area contributed by atoms with Crippen LogP contribution in [0.2, 0.25) is 0 Å². The smallest absolute Gasteiger partial charge is 0.0739 e. The molecule has 2 aliphatic heterocycles. The molecule has 0 saturated carbocycles. The van der Waals surface area contributed by atoms with Crippen LogP contribution in [0.3, 0.4) is 0 Å². The van der Waals surface area contributed by atoms with Gasteiger partial charge in [0.2, 0.25) is 0 Å². The molecule has 0 bridgehead atoms. The highest BCUT2D eigenvalue weighted by atomic mass is 15.2. The summed E-state index contributed by atoms with van der Waals surface area (Å²) >= 11 is 0. The molecule has 6 aliphatic rings. The zero-order valence-corrected chi connectivity index (χ0v) is 24.5. The third-order valence-electron chi connectivity index (χ3n) is 10.7. The molecule has 0 aromatic heterocycles. The first-order valence-electron chi connectivity index (χ1n) is 15.9. The van der Waals surface area contributed by atoms with Gasteiger partial charge in [-0.15, -0.1) is 0 Å². The Morgan fingerprint density at radius 1 is 0.636 bits per heavy atom. The van der Waals surface area contributed by atoms with Gasteiger partial charge < -0.3 is 9.80 Å². The molecule has 44 heavy (non-hydrogen) atoms. The number of rotatable bonds is 3. The molecule has 0 saturated heterocycles. The van der Waals surface area contributed by atoms with Crippen LogP contribution in [0.5, 0.6) is 0 Å². The van der Waals surface area contributed by atoms with Crippen molar-refractivity contribution in [2.75, 3.05) is 9.80 Å². The number of para-hydroxylation sites is 1. The van der Waals surface area contributed by atoms with E-state index in [-0.39, 0.29) is 16.9 Å². The summed E-state index contributed by atoms with van der Waals surface area (Å²) in [5.41, 5.74) is 14.5. The lowest BCUT2D eigenvalue weighted by Crippen LogP contribution is -2.41. The van der Waals surface area contributed by atoms with Crippen LogP contribution in [0.1, 0.15) is 34.2 Å². The molecule has 4 aromatic rings. The van der Waals surface area contributed by atoms with E-state index in [2.05, 4.69) is 162 Å². The molecule has 2 heteroatoms. The topological polar surface area (TPSA) is 6.48 Å². The SMILES string of the molecule is C1=CC23C=CCc4cccc(c42)N(c2ccc(C4=CC56C=CCc7cccc(c75)N(c5ccccc5)C6C=C4)cc2)C3=CC1. The quantitative estimate of drug-likeness (QED) is 0.229. The van der Waals surface area contributed by atoms with Crippen LogP contribution in [-0.2, 0) is 23.7 Å². The maximum absolute atomic E-state index is 2.54. The van der Waals surface area contributed by atoms with Crippen molar-refractivity contribution < 1.29 is 0 Å². The monoisotopic (exact) mass is 564 g/mol. The van der Waals surface area contributed by atoms with Crippen molar-refractivity contribution in [3.63, 3.8) is 0 Å². The maximum Gasteiger partial charge on any atom is 0.0739 e. The third-order valence-corrected chi connectivity index (χ3v) is 10.7. The van der Waals surface area contributed by atoms with Gasteiger partial charge in [-0.25, -0.2) is 0 Å². The van der Waals surface area contributed by atoms with Gasteiger partial charge in [0.05, 0.1) is 22.6 Å². The number of hydrogen-bond acceptors (Lipinski definition) is 2. The number of anilines is 4. The Hall–Kier alpha value is -5.08. The summed E-state index contributed by atoms with van der Waals surface area (Å²) in [7, 11) is 0. The van der Waals surface area contributed by atoms with Gasteiger partial charge in [0.15, 0.2) is 0 Å². The molecule has 4 aliphatic carbocycles. The zero-order chi connectivity index (χ0) is 28.9. The van der Waals surface area contributed by atoms with Crippen molar-refractivity contribution >= 4 is 28.3 Å². The number of nitrogens with zero attached hydrogens (tertiary/aromatic N) is 2. The molecular weight excluding hydrogens is 532 g/mol. The minimum Gasteiger partial charge on any atom is -0.333 e. The molecule has 0 amide bonds. The molecule has 10 rings (SSSR count). The lowest BCUT2D eigenvalue weighted by molar-refractivity contribution is 0.602. The first-order valence-corrected chi connectivity index (χ1v) is 15.9. The summed E-state index contributed by atoms with van der Waals surface area (Å²) in [5, 5.41) is 0. The van der Waals surface area contributed by atoms with E-state index in [1.54, 1.807) is 0 Å². The van der Waals surface area contributed by atoms with Crippen molar-refractivity contribution in [3.05, 3.63) is 185 Å². The average Bonchev–Trinajstić information content (AvgIpc) is 3.55. The van der Waals surface area contributed by atoms with Crippen molar-refractivity contribution in [3.8, 4) is 0 Å². The van der Waals surface area contributed by atoms with E-state index in [0.29, 0.717) is 0 Å². The molecule has 2 heterocycles. The summed E-state index contributed by atoms with van der Waals surface area (Å²) in [4.78, 5) is 5.04. The number of benzene rings is 4. The Bertz CT molecular complexity index is 2050. The van der Waals surface area contributed by atoms with Crippen LogP contribution in [-0.4, -0.2) is 6.04 Å². The van der Waals surface area contributed by atoms with Crippen LogP contribution >= 0.6 is 0 Å². The van der Waals surface area contributed by atoms with Gasteiger partial charge in [0, 0.05) is 22.8 Å². The Morgan fingerprint density at radius 3 is 2.23 bits per heavy atom. The van der Waals surface area contributed by atoms with Gasteiger partial charge in [-0.2, -0.15) is 0 Å². The Labute approximate surface area is 259 Å². The molecule has 0 N–H and O–H groups in total. The lowest BCUT2D eigenvalue weighted by Gasteiger charge is -2.38. The maximum atomic E-state index is 2.54. The van der Waals surface area contributed by atoms with Gasteiger partial charge in [-0.05, 0) is 89.1 Å². The van der Waals surface area contributed by atoms with E-state index in [0.717, 1.165) is 19.3 Å². The summed E-state index contributed by atoms with van der Waals surface area (Å²) < 4.78 is 0. The molecule has 3 atom stereocenters. The van der Waals surface area contributed by atoms with Gasteiger partial charge >= 0.3 is 0 Å². The predicted molar refractivity (Wildman–Crippen MR) is 182 cm³/mol. The van der Waals surface area contributed by atoms with Crippen molar-refractivity contribution in [2.24, 2.45) is 0 Å². The van der Waals surface area contributed by atoms with Crippen LogP contribution in [0.15, 0.2) is 157 Å². The minimum absolute atomic E-state index is 0.143. The summed E-state index contributed by atoms with van der Waals surface area (Å²) in [6, 6.07) is 34.0. The first-order chi connectivity index (χ1) is 21.8. The molecule has 210 valence electrons. The standard InChI is InChI=1S/C42H32N2/c1-2-14-33(15-3-1)43-36-17-7-11-31-13-9-27-42(40(31)36)28-32(21-24-38(42)43)29-19-22-34(23-20-29)44-35-16-6-10-30-12-8-26-41(39(30)35)25-5-4-18-37(41)44/h1-3,5-11,14-28,38H,4,12-13H2. The molecule has 2 nitrogen and oxygen atoms in total. The largest absolute Gasteiger partial charge is 0.333 e. The van der Waals surface area contributed by atoms with Crippen molar-refractivity contribution in [1.29, 1.82) is 0 Å². The third kappa shape index (κ3) is 3.05. The number of hydrogen-bond donors (Lipinski definition) is 0. The van der Waals surface area contributed by atoms with Crippen LogP contribution < -0.4 is 9.80 Å². The second-order valence-electron chi connectivity index (χ2n) is 12.9. The molecule has 4 aromatic carbocycles. The van der Waals surface area contributed by atoms with E-state index >= 15 is 0 Å². The van der Waals surface area contributed by atoms with Gasteiger partial charge in [-0.1, -0.05) is 115 Å². The number of allylic oxidation sites excluding steroid dienone is 7. The van der Waals surface area contributed by atoms with E-state index < -0.39 is 0 Å². The van der Waals surface area contributed by atoms with E-state index in [1.807, 2.05) is 0 Å². The van der Waals surface area contributed by atoms with Crippen molar-refractivity contribution in [1.82, 2.24) is 0 Å². The fraction of sp³-hybridized carbons (Fsp3) is 0.143. The fourth-order valence-corrected chi connectivity index (χ4v) is 8.95. The van der Waals surface area contributed by atoms with E-state index in [9.17, 15) is 0 Å². The predicted octanol–water partition coefficient (Wildman–Crippen LogP) is 9.56. The highest BCUT2D eigenvalue weighted by molar-refractivity contribution is 5.89. The van der Waals surface area contributed by atoms with Crippen LogP contribution in [0.25, 0.3) is 5.57 Å². The highest BCUT2D eigenvalue weighted by Gasteiger charge is 2.51. The highest BCUT2D eigenvalue weighted by Crippen LogP contribution is 2.58. The molecule has 3 unspecified atom stereocenters. The zero-order valence-electron chi connectivity index (χ0n) is 24.5. The van der Waals surface area contributed by atoms with E-state index in [1.165, 1.54) is 61.8 Å². The van der Waals surface area contributed by atoms with Crippen LogP contribution in [0.4, 0.5) is 22.7 Å². The second kappa shape index (κ2) is 8.74. The average molecular weight is 565 g/mol. The fourth-order valence-electron chi connectivity index (χ4n) is 8.95. The second-order valence-corrected chi connectivity index (χ2v) is 12.9. The molecular formula is C42H32N2. The van der Waals surface area contributed by atoms with E-state index in [4.69, 9.17) is 0 Å². The van der Waals surface area contributed by atoms with Gasteiger partial charge in [-0.3, -0.25) is 0 Å². The van der Waals surface area contributed by atoms with Crippen molar-refractivity contribution in [2.45, 2.75) is 36.1 Å². The summed E-state index contributed by atoms with van der Waals surface area (Å²) in [6.45, 7) is 0. The Morgan fingerprint density at radius 2 is 1.39 bits per heavy atom. The molecule has 0 radical (unpaired) electrons. The summed E-state index contributed by atoms with van der Waals surface area (Å²) in [6.07, 6.45) is 27.1. The first kappa shape index (κ1) is 24.4. The minimum atomic E-state index is -0.187. The van der Waals surface area contributed by atoms with Gasteiger partial charge in [0.25, 0.3) is 0 Å². The normalized spacial score (nSPS) is 26.1. The molecule has 2 spiro atoms. The van der Waals surface area contributed by atoms with Crippen LogP contribution in [0, 0.1) is 0 Å². The van der Waals surface area contributed by atoms with Gasteiger partial charge in [0.1, 0.15) is 0 Å². The lowest BCUT2D eigenvalue weighted by atomic mass is 9.68. The Kier molecular flexibility index (Phi) is 4.84. The Balaban J connectivity index is 1.07. The summed E-state index contributed by atoms with van der Waals surface area (Å²) in [5.74, 6) is 0.